The van der Waals surface area contributed by atoms with Crippen LogP contribution in [-0.4, -0.2) is 30.8 Å². The van der Waals surface area contributed by atoms with Crippen LogP contribution in [0.2, 0.25) is 0 Å². The number of aromatic nitrogens is 2. The maximum Gasteiger partial charge on any atom is 0.221 e. The van der Waals surface area contributed by atoms with Crippen molar-refractivity contribution in [3.05, 3.63) is 35.0 Å². The van der Waals surface area contributed by atoms with E-state index < -0.39 is 0 Å². The van der Waals surface area contributed by atoms with E-state index in [1.165, 1.54) is 0 Å². The smallest absolute Gasteiger partial charge is 0.221 e. The molecular formula is C19H22N4O3. The van der Waals surface area contributed by atoms with Gasteiger partial charge in [0, 0.05) is 23.2 Å². The molecule has 1 atom stereocenters. The molecule has 2 heterocycles. The van der Waals surface area contributed by atoms with Gasteiger partial charge in [-0.3, -0.25) is 0 Å². The first kappa shape index (κ1) is 16.5. The van der Waals surface area contributed by atoms with Crippen LogP contribution in [0.15, 0.2) is 18.3 Å². The lowest BCUT2D eigenvalue weighted by Gasteiger charge is -2.26. The van der Waals surface area contributed by atoms with E-state index in [-0.39, 0.29) is 11.9 Å². The van der Waals surface area contributed by atoms with Gasteiger partial charge in [-0.25, -0.2) is 4.98 Å². The average Bonchev–Trinajstić information content (AvgIpc) is 3.48. The fourth-order valence-corrected chi connectivity index (χ4v) is 3.63. The molecule has 2 aromatic rings. The second-order valence-electron chi connectivity index (χ2n) is 6.54. The molecule has 136 valence electrons. The summed E-state index contributed by atoms with van der Waals surface area (Å²) in [5, 5.41) is 0. The number of ether oxygens (including phenoxy) is 3. The first-order valence-electron chi connectivity index (χ1n) is 8.60. The minimum atomic E-state index is 0.0514. The highest BCUT2D eigenvalue weighted by atomic mass is 16.5. The van der Waals surface area contributed by atoms with Crippen molar-refractivity contribution < 1.29 is 14.2 Å². The molecule has 1 aromatic carbocycles. The number of rotatable bonds is 5. The summed E-state index contributed by atoms with van der Waals surface area (Å²) >= 11 is 0. The quantitative estimate of drug-likeness (QED) is 0.850. The molecule has 26 heavy (non-hydrogen) atoms. The molecule has 0 saturated heterocycles. The van der Waals surface area contributed by atoms with Crippen molar-refractivity contribution >= 4 is 17.8 Å². The van der Waals surface area contributed by atoms with E-state index in [1.807, 2.05) is 12.1 Å². The lowest BCUT2D eigenvalue weighted by molar-refractivity contribution is 0.303. The van der Waals surface area contributed by atoms with Gasteiger partial charge < -0.3 is 25.7 Å². The van der Waals surface area contributed by atoms with Gasteiger partial charge in [-0.1, -0.05) is 6.08 Å². The minimum absolute atomic E-state index is 0.0514. The molecule has 0 amide bonds. The van der Waals surface area contributed by atoms with E-state index in [9.17, 15) is 0 Å². The molecule has 0 spiro atoms. The Morgan fingerprint density at radius 1 is 1.19 bits per heavy atom. The summed E-state index contributed by atoms with van der Waals surface area (Å²) in [6, 6.07) is 2.01. The van der Waals surface area contributed by atoms with Gasteiger partial charge in [0.25, 0.3) is 0 Å². The summed E-state index contributed by atoms with van der Waals surface area (Å²) < 4.78 is 17.0. The maximum atomic E-state index is 6.19. The summed E-state index contributed by atoms with van der Waals surface area (Å²) in [6.07, 6.45) is 8.05. The topological polar surface area (TPSA) is 106 Å². The van der Waals surface area contributed by atoms with Crippen LogP contribution >= 0.6 is 0 Å². The SMILES string of the molecule is COc1cc(C(c2cnc(N)nc2N)C2CC2)c2c(c1OC)OCC=C2. The van der Waals surface area contributed by atoms with E-state index in [0.29, 0.717) is 35.6 Å². The van der Waals surface area contributed by atoms with Crippen molar-refractivity contribution in [2.24, 2.45) is 5.92 Å². The summed E-state index contributed by atoms with van der Waals surface area (Å²) in [6.45, 7) is 0.497. The normalized spacial score (nSPS) is 16.5. The zero-order valence-electron chi connectivity index (χ0n) is 14.9. The van der Waals surface area contributed by atoms with Crippen molar-refractivity contribution in [2.45, 2.75) is 18.8 Å². The number of hydrogen-bond donors (Lipinski definition) is 2. The Kier molecular flexibility index (Phi) is 4.06. The number of anilines is 2. The van der Waals surface area contributed by atoms with Crippen LogP contribution in [0.5, 0.6) is 17.2 Å². The number of nitrogens with two attached hydrogens (primary N) is 2. The number of methoxy groups -OCH3 is 2. The Hall–Kier alpha value is -2.96. The third-order valence-corrected chi connectivity index (χ3v) is 4.93. The van der Waals surface area contributed by atoms with Gasteiger partial charge in [-0.2, -0.15) is 4.98 Å². The number of nitrogens with zero attached hydrogens (tertiary/aromatic N) is 2. The fourth-order valence-electron chi connectivity index (χ4n) is 3.63. The van der Waals surface area contributed by atoms with Crippen LogP contribution in [-0.2, 0) is 0 Å². The van der Waals surface area contributed by atoms with E-state index in [4.69, 9.17) is 25.7 Å². The highest BCUT2D eigenvalue weighted by Crippen LogP contribution is 2.53. The largest absolute Gasteiger partial charge is 0.493 e. The van der Waals surface area contributed by atoms with Gasteiger partial charge >= 0.3 is 0 Å². The number of hydrogen-bond acceptors (Lipinski definition) is 7. The minimum Gasteiger partial charge on any atom is -0.493 e. The molecule has 1 aromatic heterocycles. The monoisotopic (exact) mass is 354 g/mol. The van der Waals surface area contributed by atoms with Gasteiger partial charge in [0.2, 0.25) is 11.7 Å². The molecule has 1 aliphatic heterocycles. The molecular weight excluding hydrogens is 332 g/mol. The van der Waals surface area contributed by atoms with Gasteiger partial charge in [0.15, 0.2) is 11.5 Å². The third-order valence-electron chi connectivity index (χ3n) is 4.93. The predicted octanol–water partition coefficient (Wildman–Crippen LogP) is 2.61. The molecule has 1 fully saturated rings. The average molecular weight is 354 g/mol. The Labute approximate surface area is 152 Å². The van der Waals surface area contributed by atoms with E-state index >= 15 is 0 Å². The molecule has 1 saturated carbocycles. The lowest BCUT2D eigenvalue weighted by atomic mass is 9.84. The van der Waals surface area contributed by atoms with E-state index in [0.717, 1.165) is 29.5 Å². The van der Waals surface area contributed by atoms with Crippen molar-refractivity contribution in [3.8, 4) is 17.2 Å². The third kappa shape index (κ3) is 2.69. The summed E-state index contributed by atoms with van der Waals surface area (Å²) in [5.74, 6) is 3.06. The van der Waals surface area contributed by atoms with Gasteiger partial charge in [0.1, 0.15) is 12.4 Å². The molecule has 7 nitrogen and oxygen atoms in total. The fraction of sp³-hybridized carbons (Fsp3) is 0.368. The Balaban J connectivity index is 1.94. The van der Waals surface area contributed by atoms with Gasteiger partial charge in [-0.15, -0.1) is 0 Å². The maximum absolute atomic E-state index is 6.19. The molecule has 0 radical (unpaired) electrons. The molecule has 0 bridgehead atoms. The number of nitrogen functional groups attached to an aromatic ring is 2. The van der Waals surface area contributed by atoms with E-state index in [2.05, 4.69) is 16.0 Å². The highest BCUT2D eigenvalue weighted by Gasteiger charge is 2.38. The molecule has 4 rings (SSSR count). The highest BCUT2D eigenvalue weighted by molar-refractivity contribution is 5.73. The van der Waals surface area contributed by atoms with Gasteiger partial charge in [0.05, 0.1) is 14.2 Å². The summed E-state index contributed by atoms with van der Waals surface area (Å²) in [5.41, 5.74) is 14.8. The molecule has 2 aliphatic rings. The van der Waals surface area contributed by atoms with Crippen molar-refractivity contribution in [3.63, 3.8) is 0 Å². The van der Waals surface area contributed by atoms with Crippen LogP contribution < -0.4 is 25.7 Å². The lowest BCUT2D eigenvalue weighted by Crippen LogP contribution is -2.14. The van der Waals surface area contributed by atoms with Crippen LogP contribution in [0.4, 0.5) is 11.8 Å². The first-order chi connectivity index (χ1) is 12.6. The molecule has 4 N–H and O–H groups in total. The summed E-state index contributed by atoms with van der Waals surface area (Å²) in [7, 11) is 3.24. The molecule has 1 aliphatic carbocycles. The van der Waals surface area contributed by atoms with Crippen LogP contribution in [0.1, 0.15) is 35.4 Å². The van der Waals surface area contributed by atoms with Crippen LogP contribution in [0.25, 0.3) is 6.08 Å². The second kappa shape index (κ2) is 6.40. The standard InChI is InChI=1S/C19H22N4O3/c1-24-14-8-12(11-4-3-7-26-16(11)17(14)25-2)15(10-5-6-10)13-9-22-19(21)23-18(13)20/h3-4,8-10,15H,5-7H2,1-2H3,(H4,20,21,22,23). The number of fused-ring (bicyclic) bond motifs is 1. The van der Waals surface area contributed by atoms with Crippen molar-refractivity contribution in [1.82, 2.24) is 9.97 Å². The zero-order chi connectivity index (χ0) is 18.3. The second-order valence-corrected chi connectivity index (χ2v) is 6.54. The van der Waals surface area contributed by atoms with E-state index in [1.54, 1.807) is 20.4 Å². The molecule has 1 unspecified atom stereocenters. The Morgan fingerprint density at radius 3 is 2.65 bits per heavy atom. The van der Waals surface area contributed by atoms with Crippen LogP contribution in [0, 0.1) is 5.92 Å². The number of benzene rings is 1. The van der Waals surface area contributed by atoms with Crippen LogP contribution in [0.3, 0.4) is 0 Å². The van der Waals surface area contributed by atoms with Crippen molar-refractivity contribution in [1.29, 1.82) is 0 Å². The summed E-state index contributed by atoms with van der Waals surface area (Å²) in [4.78, 5) is 8.32. The zero-order valence-corrected chi connectivity index (χ0v) is 14.9. The predicted molar refractivity (Wildman–Crippen MR) is 99.5 cm³/mol. The Morgan fingerprint density at radius 2 is 2.00 bits per heavy atom. The van der Waals surface area contributed by atoms with Crippen molar-refractivity contribution in [2.75, 3.05) is 32.3 Å². The Bertz CT molecular complexity index is 878. The van der Waals surface area contributed by atoms with Gasteiger partial charge in [-0.05, 0) is 36.5 Å². The molecule has 7 heteroatoms. The first-order valence-corrected chi connectivity index (χ1v) is 8.60.